The summed E-state index contributed by atoms with van der Waals surface area (Å²) in [5, 5.41) is 0. The normalized spacial score (nSPS) is 22.7. The molecule has 0 aliphatic carbocycles. The molecule has 0 aromatic heterocycles. The first-order valence-corrected chi connectivity index (χ1v) is 3.17. The fourth-order valence-corrected chi connectivity index (χ4v) is 0.686. The minimum absolute atomic E-state index is 0.812. The summed E-state index contributed by atoms with van der Waals surface area (Å²) in [6.07, 6.45) is 4.85. The van der Waals surface area contributed by atoms with Gasteiger partial charge in [0.1, 0.15) is 0 Å². The third kappa shape index (κ3) is 1.84. The number of allylic oxidation sites excluding steroid dienone is 2. The van der Waals surface area contributed by atoms with Crippen molar-refractivity contribution in [1.29, 1.82) is 0 Å². The number of hydrogen-bond donors (Lipinski definition) is 0. The first-order chi connectivity index (χ1) is 4.10. The fourth-order valence-electron chi connectivity index (χ4n) is 0.462. The van der Waals surface area contributed by atoms with Crippen LogP contribution in [-0.2, 0) is 0 Å². The molecule has 0 atom stereocenters. The Balaban J connectivity index is 2.82. The van der Waals surface area contributed by atoms with Crippen LogP contribution < -0.4 is 0 Å². The van der Waals surface area contributed by atoms with E-state index in [9.17, 15) is 0 Å². The van der Waals surface area contributed by atoms with Crippen LogP contribution in [0.4, 0.5) is 0 Å². The lowest BCUT2D eigenvalue weighted by molar-refractivity contribution is 1.04. The van der Waals surface area contributed by atoms with Gasteiger partial charge < -0.3 is 0 Å². The van der Waals surface area contributed by atoms with E-state index >= 15 is 0 Å². The van der Waals surface area contributed by atoms with Gasteiger partial charge >= 0.3 is 0 Å². The van der Waals surface area contributed by atoms with Gasteiger partial charge in [-0.3, -0.25) is 4.99 Å². The molecule has 0 aromatic carbocycles. The molecule has 1 heterocycles. The van der Waals surface area contributed by atoms with Crippen LogP contribution in [0.5, 0.6) is 0 Å². The molecule has 1 aliphatic rings. The summed E-state index contributed by atoms with van der Waals surface area (Å²) in [7, 11) is 0. The number of rotatable bonds is 0. The second kappa shape index (κ2) is 2.16. The van der Waals surface area contributed by atoms with E-state index in [1.165, 1.54) is 0 Å². The topological polar surface area (TPSA) is 12.4 Å². The second-order valence-electron chi connectivity index (χ2n) is 1.75. The average Bonchev–Trinajstić information content (AvgIpc) is 1.78. The Morgan fingerprint density at radius 3 is 2.56 bits per heavy atom. The molecule has 1 rings (SSSR count). The van der Waals surface area contributed by atoms with Crippen molar-refractivity contribution in [3.05, 3.63) is 24.3 Å². The summed E-state index contributed by atoms with van der Waals surface area (Å²) < 4.78 is -1.07. The summed E-state index contributed by atoms with van der Waals surface area (Å²) in [5.41, 5.74) is 0.812. The lowest BCUT2D eigenvalue weighted by Gasteiger charge is -2.11. The largest absolute Gasteiger partial charge is 0.250 e. The van der Waals surface area contributed by atoms with E-state index in [1.54, 1.807) is 18.4 Å². The quantitative estimate of drug-likeness (QED) is 0.382. The van der Waals surface area contributed by atoms with Crippen molar-refractivity contribution < 1.29 is 0 Å². The number of halogens is 2. The van der Waals surface area contributed by atoms with Gasteiger partial charge in [0.25, 0.3) is 0 Å². The fraction of sp³-hybridized carbons (Fsp3) is 0.167. The molecule has 48 valence electrons. The predicted octanol–water partition coefficient (Wildman–Crippen LogP) is 2.31. The first-order valence-electron chi connectivity index (χ1n) is 2.41. The number of alkyl halides is 2. The van der Waals surface area contributed by atoms with E-state index in [1.807, 2.05) is 0 Å². The van der Waals surface area contributed by atoms with Crippen molar-refractivity contribution >= 4 is 29.4 Å². The van der Waals surface area contributed by atoms with Gasteiger partial charge in [-0.05, 0) is 11.6 Å². The van der Waals surface area contributed by atoms with Gasteiger partial charge in [-0.1, -0.05) is 35.9 Å². The van der Waals surface area contributed by atoms with E-state index in [0.29, 0.717) is 0 Å². The third-order valence-electron chi connectivity index (χ3n) is 0.900. The van der Waals surface area contributed by atoms with Gasteiger partial charge in [0.2, 0.25) is 4.46 Å². The van der Waals surface area contributed by atoms with Crippen molar-refractivity contribution in [2.75, 3.05) is 0 Å². The third-order valence-corrected chi connectivity index (χ3v) is 1.35. The Hall–Kier alpha value is -0.270. The Morgan fingerprint density at radius 2 is 2.22 bits per heavy atom. The maximum absolute atomic E-state index is 5.58. The van der Waals surface area contributed by atoms with Gasteiger partial charge in [-0.2, -0.15) is 0 Å². The molecule has 0 bridgehead atoms. The van der Waals surface area contributed by atoms with E-state index < -0.39 is 4.46 Å². The zero-order valence-electron chi connectivity index (χ0n) is 4.64. The average molecular weight is 162 g/mol. The van der Waals surface area contributed by atoms with E-state index in [0.717, 1.165) is 5.57 Å². The van der Waals surface area contributed by atoms with Gasteiger partial charge in [0, 0.05) is 6.21 Å². The Morgan fingerprint density at radius 1 is 1.56 bits per heavy atom. The lowest BCUT2D eigenvalue weighted by Crippen LogP contribution is -2.07. The molecule has 0 radical (unpaired) electrons. The van der Waals surface area contributed by atoms with Crippen LogP contribution in [0.25, 0.3) is 0 Å². The maximum Gasteiger partial charge on any atom is 0.226 e. The van der Waals surface area contributed by atoms with E-state index in [-0.39, 0.29) is 0 Å². The van der Waals surface area contributed by atoms with Crippen LogP contribution in [0.3, 0.4) is 0 Å². The molecule has 3 heteroatoms. The molecule has 0 unspecified atom stereocenters. The zero-order chi connectivity index (χ0) is 6.91. The summed E-state index contributed by atoms with van der Waals surface area (Å²) in [6.45, 7) is 3.63. The zero-order valence-corrected chi connectivity index (χ0v) is 6.15. The molecular weight excluding hydrogens is 157 g/mol. The molecule has 9 heavy (non-hydrogen) atoms. The Kier molecular flexibility index (Phi) is 1.64. The van der Waals surface area contributed by atoms with Crippen LogP contribution in [0, 0.1) is 0 Å². The molecule has 1 nitrogen and oxygen atoms in total. The second-order valence-corrected chi connectivity index (χ2v) is 3.10. The van der Waals surface area contributed by atoms with Crippen molar-refractivity contribution in [2.45, 2.75) is 4.46 Å². The Bertz CT molecular complexity index is 173. The van der Waals surface area contributed by atoms with Crippen LogP contribution in [-0.4, -0.2) is 10.7 Å². The van der Waals surface area contributed by atoms with Crippen molar-refractivity contribution in [3.63, 3.8) is 0 Å². The highest BCUT2D eigenvalue weighted by Crippen LogP contribution is 2.26. The number of aliphatic imine (C=N–C) groups is 1. The van der Waals surface area contributed by atoms with Crippen LogP contribution in [0.1, 0.15) is 0 Å². The molecule has 0 spiro atoms. The standard InChI is InChI=1S/C6H5Cl2N/c1-5-2-3-6(7,8)9-4-5/h2-4H,1H2. The van der Waals surface area contributed by atoms with Crippen LogP contribution >= 0.6 is 23.2 Å². The van der Waals surface area contributed by atoms with Gasteiger partial charge in [-0.15, -0.1) is 0 Å². The van der Waals surface area contributed by atoms with Gasteiger partial charge in [-0.25, -0.2) is 0 Å². The van der Waals surface area contributed by atoms with Crippen LogP contribution in [0.15, 0.2) is 29.3 Å². The molecule has 0 saturated carbocycles. The highest BCUT2D eigenvalue weighted by Gasteiger charge is 2.18. The minimum atomic E-state index is -1.07. The monoisotopic (exact) mass is 161 g/mol. The molecule has 0 aromatic rings. The maximum atomic E-state index is 5.58. The number of hydrogen-bond acceptors (Lipinski definition) is 1. The molecule has 0 amide bonds. The van der Waals surface area contributed by atoms with Gasteiger partial charge in [0.05, 0.1) is 0 Å². The first kappa shape index (κ1) is 6.84. The molecule has 0 N–H and O–H groups in total. The predicted molar refractivity (Wildman–Crippen MR) is 41.2 cm³/mol. The lowest BCUT2D eigenvalue weighted by atomic mass is 10.2. The smallest absolute Gasteiger partial charge is 0.226 e. The summed E-state index contributed by atoms with van der Waals surface area (Å²) in [4.78, 5) is 3.76. The highest BCUT2D eigenvalue weighted by molar-refractivity contribution is 6.50. The molecular formula is C6H5Cl2N. The summed E-state index contributed by atoms with van der Waals surface area (Å²) in [6, 6.07) is 0. The van der Waals surface area contributed by atoms with Crippen molar-refractivity contribution in [3.8, 4) is 0 Å². The SMILES string of the molecule is C=C1C=CC(Cl)(Cl)N=C1. The molecule has 1 aliphatic heterocycles. The van der Waals surface area contributed by atoms with Crippen molar-refractivity contribution in [2.24, 2.45) is 4.99 Å². The van der Waals surface area contributed by atoms with Crippen LogP contribution in [0.2, 0.25) is 0 Å². The highest BCUT2D eigenvalue weighted by atomic mass is 35.5. The molecule has 0 fully saturated rings. The summed E-state index contributed by atoms with van der Waals surface area (Å²) >= 11 is 11.2. The molecule has 0 saturated heterocycles. The van der Waals surface area contributed by atoms with E-state index in [4.69, 9.17) is 23.2 Å². The number of dihydropyridines is 1. The minimum Gasteiger partial charge on any atom is -0.250 e. The Labute approximate surface area is 63.7 Å². The van der Waals surface area contributed by atoms with E-state index in [2.05, 4.69) is 11.6 Å². The summed E-state index contributed by atoms with van der Waals surface area (Å²) in [5.74, 6) is 0. The van der Waals surface area contributed by atoms with Crippen molar-refractivity contribution in [1.82, 2.24) is 0 Å². The van der Waals surface area contributed by atoms with Gasteiger partial charge in [0.15, 0.2) is 0 Å². The number of nitrogens with zero attached hydrogens (tertiary/aromatic N) is 1.